The fraction of sp³-hybridized carbons (Fsp3) is 0.105. The molecule has 28 heavy (non-hydrogen) atoms. The van der Waals surface area contributed by atoms with Gasteiger partial charge in [0.15, 0.2) is 0 Å². The van der Waals surface area contributed by atoms with Crippen LogP contribution in [0.4, 0.5) is 5.69 Å². The Morgan fingerprint density at radius 3 is 2.68 bits per heavy atom. The van der Waals surface area contributed by atoms with Gasteiger partial charge in [0.1, 0.15) is 11.6 Å². The topological polar surface area (TPSA) is 107 Å². The van der Waals surface area contributed by atoms with Crippen molar-refractivity contribution in [3.8, 4) is 12.3 Å². The molecule has 0 aliphatic heterocycles. The van der Waals surface area contributed by atoms with Crippen LogP contribution in [0.15, 0.2) is 47.3 Å². The third-order valence-electron chi connectivity index (χ3n) is 4.01. The normalized spacial score (nSPS) is 10.4. The fourth-order valence-corrected chi connectivity index (χ4v) is 2.88. The van der Waals surface area contributed by atoms with Crippen LogP contribution in [-0.2, 0) is 13.1 Å². The highest BCUT2D eigenvalue weighted by Crippen LogP contribution is 2.25. The number of carbonyl (C=O) groups is 1. The Labute approximate surface area is 163 Å². The van der Waals surface area contributed by atoms with E-state index < -0.39 is 10.8 Å². The van der Waals surface area contributed by atoms with Gasteiger partial charge in [-0.1, -0.05) is 35.7 Å². The summed E-state index contributed by atoms with van der Waals surface area (Å²) in [5.74, 6) is 1.82. The number of fused-ring (bicyclic) bond motifs is 1. The summed E-state index contributed by atoms with van der Waals surface area (Å²) in [5, 5.41) is 18.8. The summed E-state index contributed by atoms with van der Waals surface area (Å²) >= 11 is 5.76. The Balaban J connectivity index is 1.92. The summed E-state index contributed by atoms with van der Waals surface area (Å²) in [4.78, 5) is 35.1. The monoisotopic (exact) mass is 396 g/mol. The zero-order valence-corrected chi connectivity index (χ0v) is 15.1. The van der Waals surface area contributed by atoms with E-state index in [1.54, 1.807) is 24.3 Å². The van der Waals surface area contributed by atoms with Gasteiger partial charge in [-0.25, -0.2) is 4.68 Å². The molecule has 2 aromatic carbocycles. The number of aromatic nitrogens is 2. The molecule has 0 spiro atoms. The third-order valence-corrected chi connectivity index (χ3v) is 4.33. The zero-order valence-electron chi connectivity index (χ0n) is 14.4. The largest absolute Gasteiger partial charge is 0.346 e. The summed E-state index contributed by atoms with van der Waals surface area (Å²) in [7, 11) is 0. The minimum Gasteiger partial charge on any atom is -0.346 e. The molecule has 0 atom stereocenters. The van der Waals surface area contributed by atoms with E-state index >= 15 is 0 Å². The van der Waals surface area contributed by atoms with E-state index in [1.165, 1.54) is 12.1 Å². The van der Waals surface area contributed by atoms with Gasteiger partial charge in [0.2, 0.25) is 0 Å². The first-order chi connectivity index (χ1) is 13.4. The number of carbonyl (C=O) groups excluding carboxylic acids is 1. The highest BCUT2D eigenvalue weighted by atomic mass is 35.5. The van der Waals surface area contributed by atoms with Gasteiger partial charge in [-0.2, -0.15) is 5.10 Å². The smallest absolute Gasteiger partial charge is 0.288 e. The Morgan fingerprint density at radius 1 is 1.29 bits per heavy atom. The lowest BCUT2D eigenvalue weighted by atomic mass is 10.1. The van der Waals surface area contributed by atoms with Crippen LogP contribution in [-0.4, -0.2) is 20.6 Å². The number of nitrogens with zero attached hydrogens (tertiary/aromatic N) is 3. The molecule has 3 aromatic rings. The quantitative estimate of drug-likeness (QED) is 0.405. The first-order valence-electron chi connectivity index (χ1n) is 8.06. The number of rotatable bonds is 5. The van der Waals surface area contributed by atoms with Gasteiger partial charge in [0, 0.05) is 17.0 Å². The molecular formula is C19H13ClN4O4. The fourth-order valence-electron chi connectivity index (χ4n) is 2.69. The second-order valence-corrected chi connectivity index (χ2v) is 6.17. The van der Waals surface area contributed by atoms with Crippen LogP contribution < -0.4 is 10.9 Å². The molecule has 0 bridgehead atoms. The lowest BCUT2D eigenvalue weighted by Crippen LogP contribution is -2.28. The summed E-state index contributed by atoms with van der Waals surface area (Å²) in [6.45, 7) is -0.00534. The van der Waals surface area contributed by atoms with Gasteiger partial charge in [-0.15, -0.1) is 6.42 Å². The van der Waals surface area contributed by atoms with E-state index in [0.717, 1.165) is 10.7 Å². The number of terminal acetylenes is 1. The van der Waals surface area contributed by atoms with Crippen molar-refractivity contribution in [1.82, 2.24) is 15.1 Å². The van der Waals surface area contributed by atoms with E-state index in [0.29, 0.717) is 16.5 Å². The second-order valence-electron chi connectivity index (χ2n) is 5.77. The second kappa shape index (κ2) is 7.90. The standard InChI is InChI=1S/C19H13ClN4O4/c1-2-9-23-19(26)14-6-4-3-5-13(14)16(22-23)11-21-18(25)12-7-8-15(20)17(10-12)24(27)28/h1,3-8,10H,9,11H2,(H,21,25). The van der Waals surface area contributed by atoms with E-state index in [4.69, 9.17) is 18.0 Å². The number of hydrogen-bond acceptors (Lipinski definition) is 5. The first kappa shape index (κ1) is 19.1. The van der Waals surface area contributed by atoms with Gasteiger partial charge >= 0.3 is 0 Å². The maximum Gasteiger partial charge on any atom is 0.288 e. The Morgan fingerprint density at radius 2 is 2.00 bits per heavy atom. The molecule has 1 N–H and O–H groups in total. The summed E-state index contributed by atoms with van der Waals surface area (Å²) < 4.78 is 1.15. The van der Waals surface area contributed by atoms with Crippen molar-refractivity contribution in [3.63, 3.8) is 0 Å². The van der Waals surface area contributed by atoms with Crippen LogP contribution in [0.3, 0.4) is 0 Å². The van der Waals surface area contributed by atoms with Gasteiger partial charge in [0.25, 0.3) is 17.2 Å². The number of hydrogen-bond donors (Lipinski definition) is 1. The lowest BCUT2D eigenvalue weighted by molar-refractivity contribution is -0.384. The van der Waals surface area contributed by atoms with Crippen LogP contribution in [0.25, 0.3) is 10.8 Å². The van der Waals surface area contributed by atoms with E-state index in [9.17, 15) is 19.7 Å². The number of amides is 1. The average molecular weight is 397 g/mol. The van der Waals surface area contributed by atoms with Crippen molar-refractivity contribution < 1.29 is 9.72 Å². The predicted molar refractivity (Wildman–Crippen MR) is 104 cm³/mol. The number of benzene rings is 2. The highest BCUT2D eigenvalue weighted by Gasteiger charge is 2.17. The minimum absolute atomic E-state index is 0.000617. The molecule has 0 aliphatic carbocycles. The summed E-state index contributed by atoms with van der Waals surface area (Å²) in [6, 6.07) is 10.6. The third kappa shape index (κ3) is 3.70. The number of nitro groups is 1. The lowest BCUT2D eigenvalue weighted by Gasteiger charge is -2.10. The van der Waals surface area contributed by atoms with Gasteiger partial charge in [0.05, 0.1) is 22.5 Å². The first-order valence-corrected chi connectivity index (χ1v) is 8.44. The Bertz CT molecular complexity index is 1200. The Hall–Kier alpha value is -3.70. The molecule has 1 heterocycles. The van der Waals surface area contributed by atoms with Crippen molar-refractivity contribution in [2.75, 3.05) is 0 Å². The number of nitrogens with one attached hydrogen (secondary N) is 1. The van der Waals surface area contributed by atoms with Crippen molar-refractivity contribution in [1.29, 1.82) is 0 Å². The van der Waals surface area contributed by atoms with Crippen molar-refractivity contribution >= 4 is 34.0 Å². The average Bonchev–Trinajstić information content (AvgIpc) is 2.69. The van der Waals surface area contributed by atoms with Crippen molar-refractivity contribution in [2.45, 2.75) is 13.1 Å². The van der Waals surface area contributed by atoms with Crippen LogP contribution in [0.1, 0.15) is 16.1 Å². The maximum atomic E-state index is 12.4. The van der Waals surface area contributed by atoms with Gasteiger partial charge in [-0.3, -0.25) is 19.7 Å². The molecule has 0 saturated carbocycles. The molecule has 0 aliphatic rings. The molecule has 0 saturated heterocycles. The molecule has 3 rings (SSSR count). The van der Waals surface area contributed by atoms with Gasteiger partial charge in [-0.05, 0) is 18.2 Å². The van der Waals surface area contributed by atoms with Crippen LogP contribution in [0.2, 0.25) is 5.02 Å². The molecule has 1 aromatic heterocycles. The number of halogens is 1. The predicted octanol–water partition coefficient (Wildman–Crippen LogP) is 2.52. The summed E-state index contributed by atoms with van der Waals surface area (Å²) in [5.41, 5.74) is -0.156. The summed E-state index contributed by atoms with van der Waals surface area (Å²) in [6.07, 6.45) is 5.29. The molecule has 0 fully saturated rings. The van der Waals surface area contributed by atoms with Gasteiger partial charge < -0.3 is 5.32 Å². The zero-order chi connectivity index (χ0) is 20.3. The molecule has 9 heteroatoms. The van der Waals surface area contributed by atoms with Crippen molar-refractivity contribution in [2.24, 2.45) is 0 Å². The SMILES string of the molecule is C#CCn1nc(CNC(=O)c2ccc(Cl)c([N+](=O)[O-])c2)c2ccccc2c1=O. The molecule has 8 nitrogen and oxygen atoms in total. The van der Waals surface area contributed by atoms with Crippen LogP contribution in [0, 0.1) is 22.5 Å². The van der Waals surface area contributed by atoms with E-state index in [-0.39, 0.29) is 34.9 Å². The molecule has 0 unspecified atom stereocenters. The number of nitro benzene ring substituents is 1. The molecular weight excluding hydrogens is 384 g/mol. The maximum absolute atomic E-state index is 12.4. The molecule has 0 radical (unpaired) electrons. The Kier molecular flexibility index (Phi) is 5.38. The minimum atomic E-state index is -0.663. The highest BCUT2D eigenvalue weighted by molar-refractivity contribution is 6.32. The molecule has 140 valence electrons. The van der Waals surface area contributed by atoms with Crippen LogP contribution >= 0.6 is 11.6 Å². The van der Waals surface area contributed by atoms with Crippen molar-refractivity contribution in [3.05, 3.63) is 79.2 Å². The van der Waals surface area contributed by atoms with E-state index in [1.807, 2.05) is 0 Å². The molecule has 1 amide bonds. The van der Waals surface area contributed by atoms with Crippen LogP contribution in [0.5, 0.6) is 0 Å². The van der Waals surface area contributed by atoms with E-state index in [2.05, 4.69) is 16.3 Å².